The second kappa shape index (κ2) is 4.37. The van der Waals surface area contributed by atoms with E-state index in [4.69, 9.17) is 5.11 Å². The van der Waals surface area contributed by atoms with Crippen LogP contribution in [-0.4, -0.2) is 14.4 Å². The molecule has 4 heteroatoms. The first-order valence-electron chi connectivity index (χ1n) is 4.67. The molecule has 0 aliphatic rings. The minimum absolute atomic E-state index is 0.0497. The van der Waals surface area contributed by atoms with Gasteiger partial charge >= 0.3 is 0 Å². The summed E-state index contributed by atoms with van der Waals surface area (Å²) in [5.41, 5.74) is 0. The average molecular weight is 234 g/mol. The lowest BCUT2D eigenvalue weighted by Gasteiger charge is -2.04. The molecular formula is C12H10O3S. The molecule has 82 valence electrons. The van der Waals surface area contributed by atoms with Crippen LogP contribution in [0.2, 0.25) is 0 Å². The van der Waals surface area contributed by atoms with E-state index in [9.17, 15) is 9.32 Å². The van der Waals surface area contributed by atoms with Crippen LogP contribution in [0.4, 0.5) is 0 Å². The zero-order valence-electron chi connectivity index (χ0n) is 8.33. The van der Waals surface area contributed by atoms with Crippen molar-refractivity contribution in [2.75, 3.05) is 0 Å². The molecule has 0 fully saturated rings. The van der Waals surface area contributed by atoms with Crippen LogP contribution in [0.3, 0.4) is 0 Å². The minimum Gasteiger partial charge on any atom is -0.508 e. The van der Waals surface area contributed by atoms with Gasteiger partial charge in [0.25, 0.3) is 0 Å². The first-order valence-corrected chi connectivity index (χ1v) is 5.82. The molecule has 0 aromatic heterocycles. The van der Waals surface area contributed by atoms with Crippen LogP contribution >= 0.6 is 0 Å². The summed E-state index contributed by atoms with van der Waals surface area (Å²) in [4.78, 5) is 0.910. The molecule has 0 saturated carbocycles. The third kappa shape index (κ3) is 2.06. The van der Waals surface area contributed by atoms with Gasteiger partial charge in [-0.15, -0.1) is 0 Å². The Bertz CT molecular complexity index is 523. The maximum atomic E-state index is 12.0. The van der Waals surface area contributed by atoms with Gasteiger partial charge < -0.3 is 10.2 Å². The number of hydrogen-bond acceptors (Lipinski definition) is 3. The molecule has 16 heavy (non-hydrogen) atoms. The Balaban J connectivity index is 2.42. The number of phenols is 2. The van der Waals surface area contributed by atoms with Crippen LogP contribution in [0.15, 0.2) is 58.3 Å². The second-order valence-corrected chi connectivity index (χ2v) is 4.68. The van der Waals surface area contributed by atoms with E-state index in [2.05, 4.69) is 0 Å². The highest BCUT2D eigenvalue weighted by molar-refractivity contribution is 7.85. The molecule has 2 N–H and O–H groups in total. The van der Waals surface area contributed by atoms with Gasteiger partial charge in [0.1, 0.15) is 11.5 Å². The van der Waals surface area contributed by atoms with Crippen LogP contribution in [0.25, 0.3) is 0 Å². The minimum atomic E-state index is -1.43. The molecule has 0 spiro atoms. The van der Waals surface area contributed by atoms with Crippen molar-refractivity contribution in [2.45, 2.75) is 9.79 Å². The van der Waals surface area contributed by atoms with E-state index in [1.54, 1.807) is 24.3 Å². The molecule has 2 rings (SSSR count). The van der Waals surface area contributed by atoms with Crippen molar-refractivity contribution in [3.63, 3.8) is 0 Å². The van der Waals surface area contributed by atoms with Gasteiger partial charge in [-0.1, -0.05) is 18.2 Å². The molecule has 0 radical (unpaired) electrons. The largest absolute Gasteiger partial charge is 0.508 e. The number of hydrogen-bond donors (Lipinski definition) is 2. The molecule has 1 atom stereocenters. The molecule has 0 heterocycles. The lowest BCUT2D eigenvalue weighted by Crippen LogP contribution is -1.92. The molecule has 0 unspecified atom stereocenters. The first-order chi connectivity index (χ1) is 7.68. The van der Waals surface area contributed by atoms with Gasteiger partial charge in [-0.25, -0.2) is 4.21 Å². The van der Waals surface area contributed by atoms with Crippen molar-refractivity contribution in [2.24, 2.45) is 0 Å². The average Bonchev–Trinajstić information content (AvgIpc) is 2.29. The maximum absolute atomic E-state index is 12.0. The Morgan fingerprint density at radius 2 is 1.62 bits per heavy atom. The van der Waals surface area contributed by atoms with Crippen molar-refractivity contribution in [3.8, 4) is 11.5 Å². The second-order valence-electron chi connectivity index (χ2n) is 3.23. The summed E-state index contributed by atoms with van der Waals surface area (Å²) >= 11 is 0. The molecule has 0 bridgehead atoms. The highest BCUT2D eigenvalue weighted by Crippen LogP contribution is 2.28. The smallest absolute Gasteiger partial charge is 0.135 e. The van der Waals surface area contributed by atoms with Crippen LogP contribution < -0.4 is 0 Å². The van der Waals surface area contributed by atoms with Gasteiger partial charge in [0.15, 0.2) is 0 Å². The molecule has 3 nitrogen and oxygen atoms in total. The Morgan fingerprint density at radius 1 is 0.938 bits per heavy atom. The van der Waals surface area contributed by atoms with Crippen molar-refractivity contribution in [1.82, 2.24) is 0 Å². The lowest BCUT2D eigenvalue weighted by atomic mass is 10.3. The molecule has 2 aromatic rings. The van der Waals surface area contributed by atoms with Crippen LogP contribution in [-0.2, 0) is 10.8 Å². The fourth-order valence-electron chi connectivity index (χ4n) is 1.33. The summed E-state index contributed by atoms with van der Waals surface area (Å²) < 4.78 is 12.0. The van der Waals surface area contributed by atoms with Crippen molar-refractivity contribution in [1.29, 1.82) is 0 Å². The van der Waals surface area contributed by atoms with Crippen molar-refractivity contribution >= 4 is 10.8 Å². The van der Waals surface area contributed by atoms with E-state index in [0.29, 0.717) is 9.79 Å². The van der Waals surface area contributed by atoms with E-state index >= 15 is 0 Å². The lowest BCUT2D eigenvalue weighted by molar-refractivity contribution is 0.441. The Hall–Kier alpha value is -1.81. The fourth-order valence-corrected chi connectivity index (χ4v) is 2.43. The zero-order chi connectivity index (χ0) is 11.5. The quantitative estimate of drug-likeness (QED) is 0.838. The standard InChI is InChI=1S/C12H10O3S/c13-9-6-7-12(11(14)8-9)16(15)10-4-2-1-3-5-10/h1-8,13-14H/t16-/m0/s1. The number of rotatable bonds is 2. The summed E-state index contributed by atoms with van der Waals surface area (Å²) in [6, 6.07) is 12.9. The molecular weight excluding hydrogens is 224 g/mol. The van der Waals surface area contributed by atoms with Crippen LogP contribution in [0, 0.1) is 0 Å². The Labute approximate surface area is 95.5 Å². The van der Waals surface area contributed by atoms with E-state index in [0.717, 1.165) is 0 Å². The van der Waals surface area contributed by atoms with Gasteiger partial charge in [0.2, 0.25) is 0 Å². The summed E-state index contributed by atoms with van der Waals surface area (Å²) in [5, 5.41) is 18.7. The normalized spacial score (nSPS) is 12.2. The molecule has 0 saturated heterocycles. The summed E-state index contributed by atoms with van der Waals surface area (Å²) in [7, 11) is -1.43. The van der Waals surface area contributed by atoms with Gasteiger partial charge in [0, 0.05) is 11.0 Å². The van der Waals surface area contributed by atoms with E-state index in [-0.39, 0.29) is 11.5 Å². The van der Waals surface area contributed by atoms with Gasteiger partial charge in [-0.3, -0.25) is 0 Å². The monoisotopic (exact) mass is 234 g/mol. The van der Waals surface area contributed by atoms with Crippen molar-refractivity contribution in [3.05, 3.63) is 48.5 Å². The number of phenolic OH excluding ortho intramolecular Hbond substituents is 2. The predicted octanol–water partition coefficient (Wildman–Crippen LogP) is 2.26. The summed E-state index contributed by atoms with van der Waals surface area (Å²) in [5.74, 6) is -0.214. The van der Waals surface area contributed by atoms with Gasteiger partial charge in [-0.2, -0.15) is 0 Å². The van der Waals surface area contributed by atoms with Gasteiger partial charge in [0.05, 0.1) is 15.7 Å². The van der Waals surface area contributed by atoms with E-state index in [1.807, 2.05) is 6.07 Å². The number of benzene rings is 2. The first kappa shape index (κ1) is 10.7. The van der Waals surface area contributed by atoms with E-state index < -0.39 is 10.8 Å². The third-order valence-corrected chi connectivity index (χ3v) is 3.54. The van der Waals surface area contributed by atoms with Crippen LogP contribution in [0.1, 0.15) is 0 Å². The summed E-state index contributed by atoms with van der Waals surface area (Å²) in [6.07, 6.45) is 0. The number of aromatic hydroxyl groups is 2. The molecule has 0 amide bonds. The molecule has 2 aromatic carbocycles. The SMILES string of the molecule is O=[S@@](c1ccccc1)c1ccc(O)cc1O. The predicted molar refractivity (Wildman–Crippen MR) is 60.9 cm³/mol. The Kier molecular flexibility index (Phi) is 2.92. The maximum Gasteiger partial charge on any atom is 0.135 e. The molecule has 0 aliphatic carbocycles. The Morgan fingerprint density at radius 3 is 2.25 bits per heavy atom. The van der Waals surface area contributed by atoms with E-state index in [1.165, 1.54) is 18.2 Å². The van der Waals surface area contributed by atoms with Gasteiger partial charge in [-0.05, 0) is 24.3 Å². The fraction of sp³-hybridized carbons (Fsp3) is 0. The summed E-state index contributed by atoms with van der Waals surface area (Å²) in [6.45, 7) is 0. The third-order valence-electron chi connectivity index (χ3n) is 2.10. The van der Waals surface area contributed by atoms with Crippen molar-refractivity contribution < 1.29 is 14.4 Å². The highest BCUT2D eigenvalue weighted by atomic mass is 32.2. The highest BCUT2D eigenvalue weighted by Gasteiger charge is 2.11. The zero-order valence-corrected chi connectivity index (χ0v) is 9.15. The molecule has 0 aliphatic heterocycles. The topological polar surface area (TPSA) is 57.5 Å². The van der Waals surface area contributed by atoms with Crippen LogP contribution in [0.5, 0.6) is 11.5 Å².